The molecular weight excluding hydrogens is 586 g/mol. The summed E-state index contributed by atoms with van der Waals surface area (Å²) in [7, 11) is 3.06. The Morgan fingerprint density at radius 2 is 1.93 bits per heavy atom. The molecular formula is C32H31N3O8S. The first kappa shape index (κ1) is 30.5. The molecule has 0 bridgehead atoms. The summed E-state index contributed by atoms with van der Waals surface area (Å²) in [5, 5.41) is 11.4. The molecule has 1 atom stereocenters. The zero-order chi connectivity index (χ0) is 31.5. The van der Waals surface area contributed by atoms with E-state index in [0.717, 1.165) is 0 Å². The summed E-state index contributed by atoms with van der Waals surface area (Å²) in [6.45, 7) is 5.53. The number of benzene rings is 2. The Morgan fingerprint density at radius 3 is 2.61 bits per heavy atom. The normalized spacial score (nSPS) is 14.7. The summed E-state index contributed by atoms with van der Waals surface area (Å²) >= 11 is 1.17. The number of nitro benzene ring substituents is 1. The number of thiazole rings is 1. The van der Waals surface area contributed by atoms with Crippen LogP contribution in [0.4, 0.5) is 5.69 Å². The van der Waals surface area contributed by atoms with Crippen LogP contribution in [0.15, 0.2) is 74.0 Å². The molecule has 1 aliphatic heterocycles. The lowest BCUT2D eigenvalue weighted by molar-refractivity contribution is -0.385. The molecule has 0 aliphatic carbocycles. The van der Waals surface area contributed by atoms with Gasteiger partial charge in [0.2, 0.25) is 0 Å². The maximum Gasteiger partial charge on any atom is 0.338 e. The van der Waals surface area contributed by atoms with Crippen molar-refractivity contribution in [2.75, 3.05) is 20.8 Å². The van der Waals surface area contributed by atoms with Gasteiger partial charge in [0.1, 0.15) is 29.1 Å². The largest absolute Gasteiger partial charge is 0.497 e. The van der Waals surface area contributed by atoms with Gasteiger partial charge in [0.15, 0.2) is 4.80 Å². The maximum absolute atomic E-state index is 14.1. The molecule has 5 rings (SSSR count). The molecule has 4 aromatic rings. The van der Waals surface area contributed by atoms with Crippen molar-refractivity contribution in [3.63, 3.8) is 0 Å². The minimum atomic E-state index is -0.890. The molecule has 0 unspecified atom stereocenters. The first-order valence-corrected chi connectivity index (χ1v) is 14.8. The van der Waals surface area contributed by atoms with Crippen LogP contribution in [0.3, 0.4) is 0 Å². The number of carbonyl (C=O) groups is 1. The molecule has 0 saturated heterocycles. The molecule has 0 radical (unpaired) electrons. The molecule has 11 nitrogen and oxygen atoms in total. The molecule has 2 aromatic carbocycles. The first-order valence-electron chi connectivity index (χ1n) is 14.0. The van der Waals surface area contributed by atoms with Gasteiger partial charge >= 0.3 is 5.97 Å². The Morgan fingerprint density at radius 1 is 1.14 bits per heavy atom. The molecule has 0 N–H and O–H groups in total. The number of carbonyl (C=O) groups excluding carboxylic acids is 1. The average molecular weight is 618 g/mol. The predicted molar refractivity (Wildman–Crippen MR) is 165 cm³/mol. The SMILES string of the molecule is CCCC1=C(C(=O)OCC)[C@@H](c2cc(OC)ccc2OC)n2c(s/c(=C\c3ccc(-c4ccc(C)c([N+](=O)[O-])c4)o3)c2=O)=N1. The van der Waals surface area contributed by atoms with Gasteiger partial charge in [0.25, 0.3) is 11.2 Å². The number of ether oxygens (including phenoxy) is 3. The highest BCUT2D eigenvalue weighted by Gasteiger charge is 2.36. The summed E-state index contributed by atoms with van der Waals surface area (Å²) in [4.78, 5) is 43.8. The summed E-state index contributed by atoms with van der Waals surface area (Å²) in [6.07, 6.45) is 2.81. The van der Waals surface area contributed by atoms with E-state index in [9.17, 15) is 19.7 Å². The Kier molecular flexibility index (Phi) is 8.81. The molecule has 0 saturated carbocycles. The smallest absolute Gasteiger partial charge is 0.338 e. The van der Waals surface area contributed by atoms with E-state index in [1.807, 2.05) is 6.92 Å². The van der Waals surface area contributed by atoms with E-state index in [2.05, 4.69) is 0 Å². The predicted octanol–water partition coefficient (Wildman–Crippen LogP) is 5.07. The third kappa shape index (κ3) is 5.68. The summed E-state index contributed by atoms with van der Waals surface area (Å²) < 4.78 is 24.4. The van der Waals surface area contributed by atoms with Gasteiger partial charge in [-0.2, -0.15) is 0 Å². The standard InChI is InChI=1S/C32H31N3O8S/c1-6-8-23-28(31(37)42-7-2)29(22-16-20(40-4)11-14-26(22)41-5)34-30(36)27(44-32(34)33-23)17-21-12-13-25(43-21)19-10-9-18(3)24(15-19)35(38)39/h9-17,29H,6-8H2,1-5H3/b27-17-/t29-/m1/s1. The molecule has 0 fully saturated rings. The third-order valence-corrected chi connectivity index (χ3v) is 8.20. The van der Waals surface area contributed by atoms with E-state index < -0.39 is 16.9 Å². The fourth-order valence-electron chi connectivity index (χ4n) is 5.14. The van der Waals surface area contributed by atoms with Crippen molar-refractivity contribution in [1.82, 2.24) is 4.57 Å². The summed E-state index contributed by atoms with van der Waals surface area (Å²) in [5.41, 5.74) is 2.03. The molecule has 12 heteroatoms. The van der Waals surface area contributed by atoms with Crippen molar-refractivity contribution in [3.8, 4) is 22.8 Å². The van der Waals surface area contributed by atoms with Crippen LogP contribution in [0.2, 0.25) is 0 Å². The van der Waals surface area contributed by atoms with E-state index in [0.29, 0.717) is 67.6 Å². The van der Waals surface area contributed by atoms with Crippen LogP contribution in [0.25, 0.3) is 17.4 Å². The van der Waals surface area contributed by atoms with Gasteiger partial charge in [-0.05, 0) is 50.6 Å². The Balaban J connectivity index is 1.70. The number of aryl methyl sites for hydroxylation is 1. The number of nitrogens with zero attached hydrogens (tertiary/aromatic N) is 3. The number of aromatic nitrogens is 1. The second-order valence-corrected chi connectivity index (χ2v) is 11.0. The zero-order valence-corrected chi connectivity index (χ0v) is 25.7. The van der Waals surface area contributed by atoms with Gasteiger partial charge < -0.3 is 18.6 Å². The molecule has 44 heavy (non-hydrogen) atoms. The average Bonchev–Trinajstić information content (AvgIpc) is 3.60. The fraction of sp³-hybridized carbons (Fsp3) is 0.281. The van der Waals surface area contributed by atoms with Crippen LogP contribution in [0.5, 0.6) is 11.5 Å². The van der Waals surface area contributed by atoms with Crippen molar-refractivity contribution >= 4 is 29.1 Å². The van der Waals surface area contributed by atoms with Gasteiger partial charge in [-0.25, -0.2) is 9.79 Å². The summed E-state index contributed by atoms with van der Waals surface area (Å²) in [6, 6.07) is 12.6. The minimum absolute atomic E-state index is 0.0120. The van der Waals surface area contributed by atoms with Crippen LogP contribution in [-0.2, 0) is 9.53 Å². The number of hydrogen-bond acceptors (Lipinski definition) is 10. The van der Waals surface area contributed by atoms with Gasteiger partial charge in [0.05, 0.1) is 41.6 Å². The maximum atomic E-state index is 14.1. The number of nitro groups is 1. The van der Waals surface area contributed by atoms with Crippen molar-refractivity contribution < 1.29 is 28.3 Å². The van der Waals surface area contributed by atoms with Crippen LogP contribution in [0.1, 0.15) is 49.6 Å². The third-order valence-electron chi connectivity index (χ3n) is 7.21. The Bertz CT molecular complexity index is 1970. The molecule has 3 heterocycles. The van der Waals surface area contributed by atoms with E-state index in [1.165, 1.54) is 36.2 Å². The summed E-state index contributed by atoms with van der Waals surface area (Å²) in [5.74, 6) is 1.22. The molecule has 228 valence electrons. The highest BCUT2D eigenvalue weighted by Crippen LogP contribution is 2.39. The van der Waals surface area contributed by atoms with Crippen LogP contribution < -0.4 is 24.4 Å². The molecule has 2 aromatic heterocycles. The number of hydrogen-bond donors (Lipinski definition) is 0. The van der Waals surface area contributed by atoms with E-state index >= 15 is 0 Å². The lowest BCUT2D eigenvalue weighted by Crippen LogP contribution is -2.40. The number of methoxy groups -OCH3 is 2. The lowest BCUT2D eigenvalue weighted by atomic mass is 9.93. The molecule has 1 aliphatic rings. The van der Waals surface area contributed by atoms with Crippen LogP contribution in [0, 0.1) is 17.0 Å². The van der Waals surface area contributed by atoms with E-state index in [-0.39, 0.29) is 23.4 Å². The zero-order valence-electron chi connectivity index (χ0n) is 24.9. The number of rotatable bonds is 10. The van der Waals surface area contributed by atoms with Crippen molar-refractivity contribution in [3.05, 3.63) is 106 Å². The highest BCUT2D eigenvalue weighted by molar-refractivity contribution is 7.07. The second-order valence-electron chi connectivity index (χ2n) is 9.98. The highest BCUT2D eigenvalue weighted by atomic mass is 32.1. The first-order chi connectivity index (χ1) is 21.2. The quantitative estimate of drug-likeness (QED) is 0.137. The van der Waals surface area contributed by atoms with Crippen molar-refractivity contribution in [2.45, 2.75) is 39.7 Å². The Labute approximate surface area is 256 Å². The van der Waals surface area contributed by atoms with Crippen LogP contribution in [-0.4, -0.2) is 36.3 Å². The van der Waals surface area contributed by atoms with Gasteiger partial charge in [-0.1, -0.05) is 36.8 Å². The van der Waals surface area contributed by atoms with E-state index in [4.69, 9.17) is 23.6 Å². The van der Waals surface area contributed by atoms with Gasteiger partial charge in [0, 0.05) is 28.8 Å². The van der Waals surface area contributed by atoms with Gasteiger partial charge in [-0.3, -0.25) is 19.5 Å². The number of esters is 1. The van der Waals surface area contributed by atoms with E-state index in [1.54, 1.807) is 62.4 Å². The number of fused-ring (bicyclic) bond motifs is 1. The molecule has 0 amide bonds. The second kappa shape index (κ2) is 12.7. The van der Waals surface area contributed by atoms with Crippen LogP contribution >= 0.6 is 11.3 Å². The number of furan rings is 1. The van der Waals surface area contributed by atoms with Crippen molar-refractivity contribution in [2.24, 2.45) is 4.99 Å². The van der Waals surface area contributed by atoms with Gasteiger partial charge in [-0.15, -0.1) is 0 Å². The number of allylic oxidation sites excluding steroid dienone is 1. The fourth-order valence-corrected chi connectivity index (χ4v) is 6.14. The monoisotopic (exact) mass is 617 g/mol. The lowest BCUT2D eigenvalue weighted by Gasteiger charge is -2.27. The Hall–Kier alpha value is -4.97. The topological polar surface area (TPSA) is 135 Å². The molecule has 0 spiro atoms. The minimum Gasteiger partial charge on any atom is -0.497 e. The van der Waals surface area contributed by atoms with Crippen molar-refractivity contribution in [1.29, 1.82) is 0 Å².